The number of thiazole rings is 1. The van der Waals surface area contributed by atoms with Gasteiger partial charge in [0.15, 0.2) is 4.96 Å². The zero-order valence-corrected chi connectivity index (χ0v) is 16.1. The molecule has 0 aromatic carbocycles. The van der Waals surface area contributed by atoms with Crippen molar-refractivity contribution >= 4 is 53.9 Å². The van der Waals surface area contributed by atoms with Crippen LogP contribution in [0.2, 0.25) is 0 Å². The van der Waals surface area contributed by atoms with E-state index in [0.29, 0.717) is 11.4 Å². The molecular weight excluding hydrogens is 380 g/mol. The number of nitrogens with one attached hydrogen (secondary N) is 1. The molecule has 3 aromatic rings. The Labute approximate surface area is 153 Å². The zero-order valence-electron chi connectivity index (χ0n) is 13.6. The van der Waals surface area contributed by atoms with Crippen LogP contribution in [-0.2, 0) is 10.0 Å². The van der Waals surface area contributed by atoms with Gasteiger partial charge < -0.3 is 4.90 Å². The lowest BCUT2D eigenvalue weighted by Gasteiger charge is -2.35. The highest BCUT2D eigenvalue weighted by atomic mass is 32.2. The van der Waals surface area contributed by atoms with Crippen LogP contribution in [0.25, 0.3) is 15.3 Å². The van der Waals surface area contributed by atoms with E-state index in [-0.39, 0.29) is 18.5 Å². The third-order valence-corrected chi connectivity index (χ3v) is 6.87. The van der Waals surface area contributed by atoms with Crippen LogP contribution >= 0.6 is 22.7 Å². The van der Waals surface area contributed by atoms with E-state index in [1.807, 2.05) is 26.9 Å². The molecule has 1 atom stereocenters. The minimum Gasteiger partial charge on any atom is -0.334 e. The Bertz CT molecular complexity index is 1030. The molecule has 1 fully saturated rings. The summed E-state index contributed by atoms with van der Waals surface area (Å²) in [5, 5.41) is 1.97. The number of imidazole rings is 1. The molecule has 1 N–H and O–H groups in total. The van der Waals surface area contributed by atoms with Crippen LogP contribution < -0.4 is 4.72 Å². The molecule has 134 valence electrons. The molecule has 3 aromatic heterocycles. The van der Waals surface area contributed by atoms with Crippen molar-refractivity contribution in [2.24, 2.45) is 0 Å². The highest BCUT2D eigenvalue weighted by Crippen LogP contribution is 2.30. The topological polar surface area (TPSA) is 83.8 Å². The second-order valence-corrected chi connectivity index (χ2v) is 9.97. The lowest BCUT2D eigenvalue weighted by molar-refractivity contribution is 0.0624. The van der Waals surface area contributed by atoms with Crippen molar-refractivity contribution in [2.45, 2.75) is 25.3 Å². The van der Waals surface area contributed by atoms with E-state index in [4.69, 9.17) is 0 Å². The monoisotopic (exact) mass is 398 g/mol. The maximum absolute atomic E-state index is 13.0. The van der Waals surface area contributed by atoms with E-state index in [1.54, 1.807) is 11.3 Å². The molecule has 4 rings (SSSR count). The number of amides is 1. The second kappa shape index (κ2) is 6.35. The quantitative estimate of drug-likeness (QED) is 0.730. The summed E-state index contributed by atoms with van der Waals surface area (Å²) in [6.07, 6.45) is 5.86. The van der Waals surface area contributed by atoms with Crippen molar-refractivity contribution in [1.82, 2.24) is 19.0 Å². The Morgan fingerprint density at radius 3 is 3.08 bits per heavy atom. The third kappa shape index (κ3) is 3.31. The lowest BCUT2D eigenvalue weighted by atomic mass is 10.0. The van der Waals surface area contributed by atoms with E-state index in [2.05, 4.69) is 9.71 Å². The van der Waals surface area contributed by atoms with Crippen molar-refractivity contribution in [1.29, 1.82) is 0 Å². The van der Waals surface area contributed by atoms with Gasteiger partial charge in [-0.2, -0.15) is 0 Å². The van der Waals surface area contributed by atoms with Crippen molar-refractivity contribution < 1.29 is 13.2 Å². The average molecular weight is 399 g/mol. The number of carbonyl (C=O) groups excluding carboxylic acids is 1. The molecule has 1 aliphatic rings. The van der Waals surface area contributed by atoms with Gasteiger partial charge in [-0.15, -0.1) is 22.7 Å². The third-order valence-electron chi connectivity index (χ3n) is 4.42. The Morgan fingerprint density at radius 1 is 1.44 bits per heavy atom. The first-order valence-electron chi connectivity index (χ1n) is 8.03. The number of sulfonamides is 1. The van der Waals surface area contributed by atoms with Crippen molar-refractivity contribution in [3.05, 3.63) is 22.5 Å². The molecule has 1 aliphatic heterocycles. The molecule has 1 amide bonds. The van der Waals surface area contributed by atoms with E-state index < -0.39 is 10.0 Å². The fourth-order valence-corrected chi connectivity index (χ4v) is 5.47. The van der Waals surface area contributed by atoms with Gasteiger partial charge in [0.05, 0.1) is 16.6 Å². The summed E-state index contributed by atoms with van der Waals surface area (Å²) in [5.41, 5.74) is 0.951. The summed E-state index contributed by atoms with van der Waals surface area (Å²) in [7, 11) is -3.26. The van der Waals surface area contributed by atoms with Crippen LogP contribution in [0.3, 0.4) is 0 Å². The molecule has 0 bridgehead atoms. The average Bonchev–Trinajstić information content (AvgIpc) is 3.23. The Morgan fingerprint density at radius 2 is 2.28 bits per heavy atom. The number of likely N-dealkylation sites (tertiary alicyclic amines) is 1. The number of hydrogen-bond acceptors (Lipinski definition) is 6. The van der Waals surface area contributed by atoms with Crippen molar-refractivity contribution in [3.63, 3.8) is 0 Å². The molecular formula is C15H18N4O3S3. The lowest BCUT2D eigenvalue weighted by Crippen LogP contribution is -2.49. The number of carbonyl (C=O) groups is 1. The number of fused-ring (bicyclic) bond motifs is 3. The van der Waals surface area contributed by atoms with Crippen molar-refractivity contribution in [3.8, 4) is 0 Å². The van der Waals surface area contributed by atoms with E-state index in [9.17, 15) is 13.2 Å². The van der Waals surface area contributed by atoms with Gasteiger partial charge in [0.25, 0.3) is 5.91 Å². The molecule has 0 unspecified atom stereocenters. The molecule has 0 spiro atoms. The van der Waals surface area contributed by atoms with Crippen LogP contribution in [0.5, 0.6) is 0 Å². The summed E-state index contributed by atoms with van der Waals surface area (Å²) < 4.78 is 27.3. The van der Waals surface area contributed by atoms with E-state index >= 15 is 0 Å². The number of rotatable bonds is 4. The fourth-order valence-electron chi connectivity index (χ4n) is 3.22. The predicted molar refractivity (Wildman–Crippen MR) is 100.0 cm³/mol. The summed E-state index contributed by atoms with van der Waals surface area (Å²) >= 11 is 2.97. The highest BCUT2D eigenvalue weighted by molar-refractivity contribution is 7.88. The Kier molecular flexibility index (Phi) is 4.30. The maximum atomic E-state index is 13.0. The molecule has 1 saturated heterocycles. The summed E-state index contributed by atoms with van der Waals surface area (Å²) in [6, 6.07) is 1.79. The Balaban J connectivity index is 1.59. The van der Waals surface area contributed by atoms with Crippen LogP contribution in [0, 0.1) is 0 Å². The van der Waals surface area contributed by atoms with Crippen molar-refractivity contribution in [2.75, 3.05) is 19.3 Å². The van der Waals surface area contributed by atoms with Gasteiger partial charge >= 0.3 is 0 Å². The van der Waals surface area contributed by atoms with Gasteiger partial charge in [0.2, 0.25) is 10.0 Å². The molecule has 0 aliphatic carbocycles. The zero-order chi connectivity index (χ0) is 17.6. The Hall–Kier alpha value is -1.49. The van der Waals surface area contributed by atoms with E-state index in [1.165, 1.54) is 11.3 Å². The smallest absolute Gasteiger partial charge is 0.264 e. The summed E-state index contributed by atoms with van der Waals surface area (Å²) in [6.45, 7) is 0.926. The molecule has 10 heteroatoms. The van der Waals surface area contributed by atoms with Crippen LogP contribution in [0.1, 0.15) is 28.9 Å². The molecule has 0 radical (unpaired) electrons. The first-order chi connectivity index (χ1) is 11.9. The standard InChI is InChI=1S/C15H18N4O3S3/c1-25(21,22)16-9-10-4-2-3-5-18(10)14(20)12-8-11-13(24-12)17-15-19(11)6-7-23-15/h6-8,10,16H,2-5,9H2,1H3/t10-/m0/s1. The van der Waals surface area contributed by atoms with Crippen LogP contribution in [0.4, 0.5) is 0 Å². The van der Waals surface area contributed by atoms with Crippen LogP contribution in [-0.4, -0.2) is 54.0 Å². The number of aromatic nitrogens is 2. The van der Waals surface area contributed by atoms with Gasteiger partial charge in [-0.3, -0.25) is 9.20 Å². The molecule has 7 nitrogen and oxygen atoms in total. The second-order valence-electron chi connectivity index (χ2n) is 6.24. The summed E-state index contributed by atoms with van der Waals surface area (Å²) in [5.74, 6) is -0.0352. The van der Waals surface area contributed by atoms with Crippen LogP contribution in [0.15, 0.2) is 17.6 Å². The number of piperidine rings is 1. The first kappa shape index (κ1) is 17.0. The summed E-state index contributed by atoms with van der Waals surface area (Å²) in [4.78, 5) is 21.8. The molecule has 25 heavy (non-hydrogen) atoms. The minimum absolute atomic E-state index is 0.0352. The minimum atomic E-state index is -3.26. The molecule has 0 saturated carbocycles. The number of hydrogen-bond donors (Lipinski definition) is 1. The fraction of sp³-hybridized carbons (Fsp3) is 0.467. The van der Waals surface area contributed by atoms with Gasteiger partial charge in [-0.1, -0.05) is 0 Å². The van der Waals surface area contributed by atoms with E-state index in [0.717, 1.165) is 40.8 Å². The number of nitrogens with zero attached hydrogens (tertiary/aromatic N) is 3. The molecule has 4 heterocycles. The SMILES string of the molecule is CS(=O)(=O)NC[C@@H]1CCCCN1C(=O)c1cc2c(nc3sccn32)s1. The first-order valence-corrected chi connectivity index (χ1v) is 11.6. The maximum Gasteiger partial charge on any atom is 0.264 e. The largest absolute Gasteiger partial charge is 0.334 e. The number of thiophene rings is 1. The van der Waals surface area contributed by atoms with Gasteiger partial charge in [0, 0.05) is 30.7 Å². The van der Waals surface area contributed by atoms with Gasteiger partial charge in [-0.05, 0) is 25.3 Å². The normalized spacial score (nSPS) is 19.1. The van der Waals surface area contributed by atoms with Gasteiger partial charge in [0.1, 0.15) is 4.83 Å². The highest BCUT2D eigenvalue weighted by Gasteiger charge is 2.29. The van der Waals surface area contributed by atoms with Gasteiger partial charge in [-0.25, -0.2) is 18.1 Å². The predicted octanol–water partition coefficient (Wildman–Crippen LogP) is 2.15.